The lowest BCUT2D eigenvalue weighted by molar-refractivity contribution is -0.152. The number of carboxylic acid groups (broad SMARTS) is 1. The zero-order valence-electron chi connectivity index (χ0n) is 13.9. The van der Waals surface area contributed by atoms with Crippen molar-refractivity contribution in [3.63, 3.8) is 0 Å². The van der Waals surface area contributed by atoms with Crippen LogP contribution in [0.25, 0.3) is 0 Å². The summed E-state index contributed by atoms with van der Waals surface area (Å²) in [6, 6.07) is 0. The Hall–Kier alpha value is -1.10. The van der Waals surface area contributed by atoms with Gasteiger partial charge in [0, 0.05) is 18.5 Å². The molecule has 1 saturated carbocycles. The van der Waals surface area contributed by atoms with Crippen LogP contribution < -0.4 is 5.32 Å². The fourth-order valence-electron chi connectivity index (χ4n) is 3.33. The summed E-state index contributed by atoms with van der Waals surface area (Å²) in [6.07, 6.45) is 5.58. The molecule has 0 aliphatic heterocycles. The molecule has 2 N–H and O–H groups in total. The van der Waals surface area contributed by atoms with E-state index in [4.69, 9.17) is 0 Å². The first-order valence-electron chi connectivity index (χ1n) is 7.99. The van der Waals surface area contributed by atoms with Crippen molar-refractivity contribution in [3.05, 3.63) is 0 Å². The Kier molecular flexibility index (Phi) is 6.20. The summed E-state index contributed by atoms with van der Waals surface area (Å²) in [5.41, 5.74) is -0.884. The van der Waals surface area contributed by atoms with E-state index in [2.05, 4.69) is 24.3 Å². The van der Waals surface area contributed by atoms with Gasteiger partial charge in [-0.15, -0.1) is 0 Å². The number of carbonyl (C=O) groups excluding carboxylic acids is 1. The molecular formula is C16H30N2O3. The van der Waals surface area contributed by atoms with Gasteiger partial charge in [0.15, 0.2) is 0 Å². The zero-order chi connectivity index (χ0) is 16.1. The van der Waals surface area contributed by atoms with E-state index >= 15 is 0 Å². The molecule has 5 nitrogen and oxygen atoms in total. The van der Waals surface area contributed by atoms with Crippen LogP contribution in [0.3, 0.4) is 0 Å². The highest BCUT2D eigenvalue weighted by atomic mass is 16.4. The number of hydrogen-bond acceptors (Lipinski definition) is 3. The highest BCUT2D eigenvalue weighted by Gasteiger charge is 2.39. The molecule has 0 aromatic heterocycles. The third kappa shape index (κ3) is 3.96. The summed E-state index contributed by atoms with van der Waals surface area (Å²) in [5, 5.41) is 12.4. The molecule has 5 heteroatoms. The van der Waals surface area contributed by atoms with Crippen molar-refractivity contribution in [3.8, 4) is 0 Å². The minimum Gasteiger partial charge on any atom is -0.481 e. The molecule has 0 aromatic carbocycles. The van der Waals surface area contributed by atoms with Gasteiger partial charge in [-0.05, 0) is 39.8 Å². The predicted molar refractivity (Wildman–Crippen MR) is 83.2 cm³/mol. The number of aliphatic carboxylic acids is 1. The Labute approximate surface area is 128 Å². The van der Waals surface area contributed by atoms with Gasteiger partial charge >= 0.3 is 5.97 Å². The molecule has 0 radical (unpaired) electrons. The number of hydrogen-bond donors (Lipinski definition) is 2. The molecule has 0 saturated heterocycles. The first-order chi connectivity index (χ1) is 9.82. The van der Waals surface area contributed by atoms with Gasteiger partial charge in [0.25, 0.3) is 0 Å². The van der Waals surface area contributed by atoms with Crippen molar-refractivity contribution >= 4 is 11.9 Å². The van der Waals surface area contributed by atoms with Crippen molar-refractivity contribution in [1.29, 1.82) is 0 Å². The van der Waals surface area contributed by atoms with E-state index in [0.717, 1.165) is 12.8 Å². The SMILES string of the molecule is CCC(CC)(CC(=O)NCC1(N(C)C)CCCC1)C(=O)O. The summed E-state index contributed by atoms with van der Waals surface area (Å²) in [5.74, 6) is -1.01. The number of nitrogens with zero attached hydrogens (tertiary/aromatic N) is 1. The number of likely N-dealkylation sites (N-methyl/N-ethyl adjacent to an activating group) is 1. The van der Waals surface area contributed by atoms with Crippen molar-refractivity contribution in [1.82, 2.24) is 10.2 Å². The molecule has 122 valence electrons. The van der Waals surface area contributed by atoms with Crippen molar-refractivity contribution in [2.45, 2.75) is 64.3 Å². The van der Waals surface area contributed by atoms with E-state index in [-0.39, 0.29) is 17.9 Å². The van der Waals surface area contributed by atoms with Gasteiger partial charge in [-0.2, -0.15) is 0 Å². The normalized spacial score (nSPS) is 18.0. The van der Waals surface area contributed by atoms with Crippen LogP contribution in [0.15, 0.2) is 0 Å². The Morgan fingerprint density at radius 1 is 1.19 bits per heavy atom. The minimum atomic E-state index is -0.926. The molecule has 1 fully saturated rings. The van der Waals surface area contributed by atoms with Crippen LogP contribution >= 0.6 is 0 Å². The Morgan fingerprint density at radius 2 is 1.71 bits per heavy atom. The van der Waals surface area contributed by atoms with E-state index in [0.29, 0.717) is 19.4 Å². The maximum atomic E-state index is 12.2. The number of carbonyl (C=O) groups is 2. The second-order valence-corrected chi connectivity index (χ2v) is 6.57. The lowest BCUT2D eigenvalue weighted by atomic mass is 9.79. The van der Waals surface area contributed by atoms with E-state index in [1.807, 2.05) is 13.8 Å². The average Bonchev–Trinajstić information content (AvgIpc) is 2.92. The third-order valence-corrected chi connectivity index (χ3v) is 5.40. The van der Waals surface area contributed by atoms with Crippen LogP contribution in [0.2, 0.25) is 0 Å². The molecule has 0 aromatic rings. The Balaban J connectivity index is 2.63. The van der Waals surface area contributed by atoms with Crippen LogP contribution in [0.1, 0.15) is 58.8 Å². The third-order valence-electron chi connectivity index (χ3n) is 5.40. The lowest BCUT2D eigenvalue weighted by Crippen LogP contribution is -2.51. The number of nitrogens with one attached hydrogen (secondary N) is 1. The summed E-state index contributed by atoms with van der Waals surface area (Å²) >= 11 is 0. The van der Waals surface area contributed by atoms with Gasteiger partial charge in [0.05, 0.1) is 5.41 Å². The number of rotatable bonds is 8. The maximum Gasteiger partial charge on any atom is 0.310 e. The van der Waals surface area contributed by atoms with Crippen molar-refractivity contribution in [2.75, 3.05) is 20.6 Å². The van der Waals surface area contributed by atoms with E-state index < -0.39 is 11.4 Å². The second-order valence-electron chi connectivity index (χ2n) is 6.57. The van der Waals surface area contributed by atoms with Gasteiger partial charge in [0.1, 0.15) is 0 Å². The highest BCUT2D eigenvalue weighted by Crippen LogP contribution is 2.34. The lowest BCUT2D eigenvalue weighted by Gasteiger charge is -2.37. The highest BCUT2D eigenvalue weighted by molar-refractivity contribution is 5.84. The Morgan fingerprint density at radius 3 is 2.10 bits per heavy atom. The average molecular weight is 298 g/mol. The van der Waals surface area contributed by atoms with Gasteiger partial charge in [0.2, 0.25) is 5.91 Å². The number of amides is 1. The first kappa shape index (κ1) is 18.0. The number of carboxylic acids is 1. The summed E-state index contributed by atoms with van der Waals surface area (Å²) in [6.45, 7) is 4.29. The maximum absolute atomic E-state index is 12.2. The van der Waals surface area contributed by atoms with E-state index in [9.17, 15) is 14.7 Å². The zero-order valence-corrected chi connectivity index (χ0v) is 13.9. The quantitative estimate of drug-likeness (QED) is 0.721. The van der Waals surface area contributed by atoms with Crippen molar-refractivity contribution in [2.24, 2.45) is 5.41 Å². The van der Waals surface area contributed by atoms with E-state index in [1.165, 1.54) is 12.8 Å². The topological polar surface area (TPSA) is 69.6 Å². The van der Waals surface area contributed by atoms with Gasteiger partial charge in [-0.1, -0.05) is 26.7 Å². The van der Waals surface area contributed by atoms with Crippen LogP contribution in [-0.2, 0) is 9.59 Å². The van der Waals surface area contributed by atoms with Crippen LogP contribution in [0.4, 0.5) is 0 Å². The molecule has 0 heterocycles. The largest absolute Gasteiger partial charge is 0.481 e. The first-order valence-corrected chi connectivity index (χ1v) is 7.99. The minimum absolute atomic E-state index is 0.0416. The molecule has 0 bridgehead atoms. The smallest absolute Gasteiger partial charge is 0.310 e. The molecule has 0 spiro atoms. The molecule has 1 aliphatic rings. The summed E-state index contributed by atoms with van der Waals surface area (Å²) < 4.78 is 0. The van der Waals surface area contributed by atoms with E-state index in [1.54, 1.807) is 0 Å². The van der Waals surface area contributed by atoms with Gasteiger partial charge in [-0.3, -0.25) is 9.59 Å². The van der Waals surface area contributed by atoms with Crippen LogP contribution in [0, 0.1) is 5.41 Å². The molecular weight excluding hydrogens is 268 g/mol. The second kappa shape index (κ2) is 7.25. The Bertz CT molecular complexity index is 370. The van der Waals surface area contributed by atoms with Gasteiger partial charge in [-0.25, -0.2) is 0 Å². The van der Waals surface area contributed by atoms with Crippen LogP contribution in [-0.4, -0.2) is 48.1 Å². The standard InChI is InChI=1S/C16H30N2O3/c1-5-15(6-2,14(20)21)11-13(19)17-12-16(18(3)4)9-7-8-10-16/h5-12H2,1-4H3,(H,17,19)(H,20,21). The predicted octanol–water partition coefficient (Wildman–Crippen LogP) is 2.26. The molecule has 0 atom stereocenters. The fourth-order valence-corrected chi connectivity index (χ4v) is 3.33. The molecule has 21 heavy (non-hydrogen) atoms. The van der Waals surface area contributed by atoms with Gasteiger partial charge < -0.3 is 15.3 Å². The summed E-state index contributed by atoms with van der Waals surface area (Å²) in [4.78, 5) is 25.9. The molecule has 0 unspecified atom stereocenters. The van der Waals surface area contributed by atoms with Crippen LogP contribution in [0.5, 0.6) is 0 Å². The van der Waals surface area contributed by atoms with Crippen molar-refractivity contribution < 1.29 is 14.7 Å². The molecule has 1 amide bonds. The fraction of sp³-hybridized carbons (Fsp3) is 0.875. The molecule has 1 aliphatic carbocycles. The molecule has 1 rings (SSSR count). The monoisotopic (exact) mass is 298 g/mol. The summed E-state index contributed by atoms with van der Waals surface area (Å²) in [7, 11) is 4.11.